The molecule has 0 heterocycles. The van der Waals surface area contributed by atoms with Gasteiger partial charge in [-0.05, 0) is 92.3 Å². The maximum Gasteiger partial charge on any atom is 0.306 e. The van der Waals surface area contributed by atoms with Gasteiger partial charge in [0.2, 0.25) is 0 Å². The second kappa shape index (κ2) is 8.76. The number of carboxylic acid groups (broad SMARTS) is 1. The van der Waals surface area contributed by atoms with Gasteiger partial charge in [-0.1, -0.05) is 64.8 Å². The van der Waals surface area contributed by atoms with Gasteiger partial charge in [0, 0.05) is 5.41 Å². The van der Waals surface area contributed by atoms with Crippen molar-refractivity contribution in [1.82, 2.24) is 0 Å². The molecule has 192 valence electrons. The molecule has 4 aliphatic rings. The first kappa shape index (κ1) is 25.9. The van der Waals surface area contributed by atoms with Gasteiger partial charge >= 0.3 is 5.97 Å². The van der Waals surface area contributed by atoms with E-state index in [1.54, 1.807) is 5.57 Å². The summed E-state index contributed by atoms with van der Waals surface area (Å²) in [5, 5.41) is 32.6. The van der Waals surface area contributed by atoms with E-state index < -0.39 is 18.0 Å². The van der Waals surface area contributed by atoms with Gasteiger partial charge in [-0.25, -0.2) is 0 Å². The highest BCUT2D eigenvalue weighted by Crippen LogP contribution is 2.70. The first-order chi connectivity index (χ1) is 15.8. The van der Waals surface area contributed by atoms with Crippen molar-refractivity contribution < 1.29 is 20.1 Å². The number of hydrogen-bond acceptors (Lipinski definition) is 3. The molecule has 0 aliphatic heterocycles. The van der Waals surface area contributed by atoms with Gasteiger partial charge in [-0.3, -0.25) is 4.79 Å². The molecule has 34 heavy (non-hydrogen) atoms. The minimum Gasteiger partial charge on any atom is -0.481 e. The van der Waals surface area contributed by atoms with Crippen LogP contribution in [0.25, 0.3) is 0 Å². The molecule has 0 aromatic carbocycles. The third-order valence-electron chi connectivity index (χ3n) is 11.7. The van der Waals surface area contributed by atoms with Crippen LogP contribution in [0.4, 0.5) is 0 Å². The van der Waals surface area contributed by atoms with Crippen LogP contribution in [0, 0.1) is 45.8 Å². The highest BCUT2D eigenvalue weighted by molar-refractivity contribution is 5.71. The molecule has 0 amide bonds. The Morgan fingerprint density at radius 3 is 2.35 bits per heavy atom. The van der Waals surface area contributed by atoms with Gasteiger partial charge in [0.05, 0.1) is 18.1 Å². The fourth-order valence-corrected chi connectivity index (χ4v) is 8.90. The number of aliphatic carboxylic acids is 1. The lowest BCUT2D eigenvalue weighted by Crippen LogP contribution is -2.53. The van der Waals surface area contributed by atoms with Gasteiger partial charge in [0.15, 0.2) is 0 Å². The van der Waals surface area contributed by atoms with E-state index in [4.69, 9.17) is 0 Å². The zero-order valence-electron chi connectivity index (χ0n) is 22.4. The van der Waals surface area contributed by atoms with Crippen molar-refractivity contribution in [3.63, 3.8) is 0 Å². The fraction of sp³-hybridized carbons (Fsp3) is 0.833. The van der Waals surface area contributed by atoms with Crippen LogP contribution in [-0.2, 0) is 4.79 Å². The Labute approximate surface area is 206 Å². The average molecular weight is 473 g/mol. The van der Waals surface area contributed by atoms with Crippen molar-refractivity contribution in [2.75, 3.05) is 0 Å². The molecule has 4 rings (SSSR count). The third-order valence-corrected chi connectivity index (χ3v) is 11.7. The molecule has 0 radical (unpaired) electrons. The molecule has 2 fully saturated rings. The van der Waals surface area contributed by atoms with Crippen molar-refractivity contribution in [3.05, 3.63) is 23.3 Å². The normalized spacial score (nSPS) is 42.1. The highest BCUT2D eigenvalue weighted by Gasteiger charge is 2.66. The summed E-state index contributed by atoms with van der Waals surface area (Å²) in [5.41, 5.74) is 3.46. The summed E-state index contributed by atoms with van der Waals surface area (Å²) >= 11 is 0. The van der Waals surface area contributed by atoms with E-state index in [0.29, 0.717) is 30.6 Å². The van der Waals surface area contributed by atoms with E-state index in [2.05, 4.69) is 48.1 Å². The Hall–Kier alpha value is -1.13. The number of aliphatic hydroxyl groups is 2. The van der Waals surface area contributed by atoms with Gasteiger partial charge in [-0.15, -0.1) is 0 Å². The number of carboxylic acids is 1. The number of carbonyl (C=O) groups is 1. The standard InChI is InChI=1S/C30H48O4/c1-17(2)18(3)8-9-21(27(33)34)24-16-26(32)30(7)23-12-11-22-19(10-13-25(31)28(22,4)5)20(23)14-15-29(24,30)6/h17,19,21-22,24-26,31-32H,3,8-16H2,1-2,4-7H3,(H,33,34). The summed E-state index contributed by atoms with van der Waals surface area (Å²) in [6.45, 7) is 17.4. The zero-order chi connectivity index (χ0) is 25.2. The van der Waals surface area contributed by atoms with Crippen LogP contribution >= 0.6 is 0 Å². The smallest absolute Gasteiger partial charge is 0.306 e. The topological polar surface area (TPSA) is 77.8 Å². The van der Waals surface area contributed by atoms with Crippen LogP contribution in [0.3, 0.4) is 0 Å². The molecule has 2 saturated carbocycles. The predicted octanol–water partition coefficient (Wildman–Crippen LogP) is 6.37. The fourth-order valence-electron chi connectivity index (χ4n) is 8.90. The molecule has 8 unspecified atom stereocenters. The molecule has 4 nitrogen and oxygen atoms in total. The van der Waals surface area contributed by atoms with E-state index in [0.717, 1.165) is 50.5 Å². The van der Waals surface area contributed by atoms with E-state index in [1.807, 2.05) is 0 Å². The summed E-state index contributed by atoms with van der Waals surface area (Å²) in [5.74, 6) is 0.164. The lowest BCUT2D eigenvalue weighted by molar-refractivity contribution is -0.146. The van der Waals surface area contributed by atoms with E-state index in [1.165, 1.54) is 5.57 Å². The lowest BCUT2D eigenvalue weighted by atomic mass is 9.47. The van der Waals surface area contributed by atoms with Crippen molar-refractivity contribution in [2.45, 2.75) is 112 Å². The second-order valence-corrected chi connectivity index (χ2v) is 13.4. The molecular formula is C30H48O4. The molecule has 0 spiro atoms. The van der Waals surface area contributed by atoms with Crippen LogP contribution in [0.15, 0.2) is 23.3 Å². The number of hydrogen-bond donors (Lipinski definition) is 3. The average Bonchev–Trinajstić information content (AvgIpc) is 2.97. The van der Waals surface area contributed by atoms with Crippen LogP contribution in [-0.4, -0.2) is 33.5 Å². The largest absolute Gasteiger partial charge is 0.481 e. The molecular weight excluding hydrogens is 424 g/mol. The Balaban J connectivity index is 1.68. The Bertz CT molecular complexity index is 869. The third kappa shape index (κ3) is 3.65. The molecule has 3 N–H and O–H groups in total. The van der Waals surface area contributed by atoms with Gasteiger partial charge < -0.3 is 15.3 Å². The van der Waals surface area contributed by atoms with Crippen LogP contribution in [0.5, 0.6) is 0 Å². The predicted molar refractivity (Wildman–Crippen MR) is 136 cm³/mol. The van der Waals surface area contributed by atoms with E-state index in [9.17, 15) is 20.1 Å². The highest BCUT2D eigenvalue weighted by atomic mass is 16.4. The molecule has 4 heteroatoms. The van der Waals surface area contributed by atoms with Crippen molar-refractivity contribution >= 4 is 5.97 Å². The second-order valence-electron chi connectivity index (χ2n) is 13.4. The van der Waals surface area contributed by atoms with Gasteiger partial charge in [-0.2, -0.15) is 0 Å². The number of aliphatic hydroxyl groups excluding tert-OH is 2. The number of allylic oxidation sites excluding steroid dienone is 2. The molecule has 0 bridgehead atoms. The monoisotopic (exact) mass is 472 g/mol. The maximum absolute atomic E-state index is 12.5. The van der Waals surface area contributed by atoms with Crippen molar-refractivity contribution in [1.29, 1.82) is 0 Å². The summed E-state index contributed by atoms with van der Waals surface area (Å²) < 4.78 is 0. The van der Waals surface area contributed by atoms with Crippen molar-refractivity contribution in [3.8, 4) is 0 Å². The molecule has 0 saturated heterocycles. The van der Waals surface area contributed by atoms with E-state index >= 15 is 0 Å². The summed E-state index contributed by atoms with van der Waals surface area (Å²) in [7, 11) is 0. The number of fused-ring (bicyclic) bond motifs is 4. The molecule has 8 atom stereocenters. The van der Waals surface area contributed by atoms with Crippen LogP contribution < -0.4 is 0 Å². The minimum atomic E-state index is -0.717. The summed E-state index contributed by atoms with van der Waals surface area (Å²) in [6, 6.07) is 0. The van der Waals surface area contributed by atoms with Gasteiger partial charge in [0.25, 0.3) is 0 Å². The Morgan fingerprint density at radius 1 is 1.06 bits per heavy atom. The first-order valence-corrected chi connectivity index (χ1v) is 13.8. The quantitative estimate of drug-likeness (QED) is 0.393. The van der Waals surface area contributed by atoms with E-state index in [-0.39, 0.29) is 28.3 Å². The van der Waals surface area contributed by atoms with Crippen LogP contribution in [0.1, 0.15) is 99.3 Å². The summed E-state index contributed by atoms with van der Waals surface area (Å²) in [4.78, 5) is 12.5. The van der Waals surface area contributed by atoms with Gasteiger partial charge in [0.1, 0.15) is 0 Å². The number of rotatable bonds is 6. The molecule has 0 aromatic rings. The zero-order valence-corrected chi connectivity index (χ0v) is 22.4. The summed E-state index contributed by atoms with van der Waals surface area (Å²) in [6.07, 6.45) is 7.08. The molecule has 0 aromatic heterocycles. The first-order valence-electron chi connectivity index (χ1n) is 13.8. The Morgan fingerprint density at radius 2 is 1.74 bits per heavy atom. The molecule has 4 aliphatic carbocycles. The maximum atomic E-state index is 12.5. The van der Waals surface area contributed by atoms with Crippen molar-refractivity contribution in [2.24, 2.45) is 45.8 Å². The van der Waals surface area contributed by atoms with Crippen LogP contribution in [0.2, 0.25) is 0 Å². The lowest BCUT2D eigenvalue weighted by Gasteiger charge is -2.58. The minimum absolute atomic E-state index is 0.0265. The SMILES string of the molecule is C=C(CCC(C(=O)O)C1CC(O)C2(C)C3=C(CCC12C)C1CCC(O)C(C)(C)C1CC3)C(C)C. The Kier molecular flexibility index (Phi) is 6.69.